The van der Waals surface area contributed by atoms with Gasteiger partial charge < -0.3 is 5.73 Å². The summed E-state index contributed by atoms with van der Waals surface area (Å²) in [6.07, 6.45) is 2.91. The van der Waals surface area contributed by atoms with Gasteiger partial charge in [0.25, 0.3) is 0 Å². The summed E-state index contributed by atoms with van der Waals surface area (Å²) in [5.74, 6) is 0. The Hall–Kier alpha value is -0.430. The zero-order chi connectivity index (χ0) is 12.7. The van der Waals surface area contributed by atoms with Crippen LogP contribution in [0.1, 0.15) is 36.6 Å². The molecule has 1 aromatic heterocycles. The van der Waals surface area contributed by atoms with Gasteiger partial charge in [-0.25, -0.2) is 13.1 Å². The smallest absolute Gasteiger partial charge is 0.242 e. The lowest BCUT2D eigenvalue weighted by atomic mass is 9.80. The largest absolute Gasteiger partial charge is 0.326 e. The molecule has 0 saturated heterocycles. The molecule has 96 valence electrons. The highest BCUT2D eigenvalue weighted by Gasteiger charge is 2.37. The maximum Gasteiger partial charge on any atom is 0.242 e. The van der Waals surface area contributed by atoms with Crippen LogP contribution in [0.4, 0.5) is 0 Å². The van der Waals surface area contributed by atoms with E-state index >= 15 is 0 Å². The van der Waals surface area contributed by atoms with E-state index in [2.05, 4.69) is 4.72 Å². The molecule has 0 bridgehead atoms. The number of aryl methyl sites for hydroxylation is 1. The van der Waals surface area contributed by atoms with Crippen molar-refractivity contribution < 1.29 is 8.42 Å². The molecule has 17 heavy (non-hydrogen) atoms. The molecule has 2 rings (SSSR count). The zero-order valence-corrected chi connectivity index (χ0v) is 11.7. The Labute approximate surface area is 106 Å². The van der Waals surface area contributed by atoms with Gasteiger partial charge in [0, 0.05) is 17.0 Å². The van der Waals surface area contributed by atoms with Crippen LogP contribution in [-0.4, -0.2) is 14.0 Å². The minimum Gasteiger partial charge on any atom is -0.326 e. The fourth-order valence-electron chi connectivity index (χ4n) is 2.17. The van der Waals surface area contributed by atoms with Crippen molar-refractivity contribution in [1.82, 2.24) is 4.72 Å². The standard InChI is InChI=1S/C11H18N2O2S2/c1-8-7-16-9(6-12)10(8)17(14,15)13-11(2)4-3-5-11/h7,13H,3-6,12H2,1-2H3. The average Bonchev–Trinajstić information content (AvgIpc) is 2.57. The van der Waals surface area contributed by atoms with Gasteiger partial charge in [-0.1, -0.05) is 0 Å². The quantitative estimate of drug-likeness (QED) is 0.878. The van der Waals surface area contributed by atoms with Crippen LogP contribution in [0.3, 0.4) is 0 Å². The zero-order valence-electron chi connectivity index (χ0n) is 10.1. The Kier molecular flexibility index (Phi) is 3.33. The summed E-state index contributed by atoms with van der Waals surface area (Å²) >= 11 is 1.41. The predicted octanol–water partition coefficient (Wildman–Crippen LogP) is 1.74. The van der Waals surface area contributed by atoms with E-state index in [9.17, 15) is 8.42 Å². The molecule has 1 aliphatic rings. The Balaban J connectivity index is 2.34. The Bertz CT molecular complexity index is 516. The molecule has 1 fully saturated rings. The van der Waals surface area contributed by atoms with E-state index in [-0.39, 0.29) is 12.1 Å². The van der Waals surface area contributed by atoms with E-state index in [4.69, 9.17) is 5.73 Å². The van der Waals surface area contributed by atoms with Crippen LogP contribution in [0.5, 0.6) is 0 Å². The van der Waals surface area contributed by atoms with Gasteiger partial charge in [-0.2, -0.15) is 0 Å². The number of hydrogen-bond acceptors (Lipinski definition) is 4. The Morgan fingerprint density at radius 2 is 2.18 bits per heavy atom. The lowest BCUT2D eigenvalue weighted by Gasteiger charge is -2.38. The van der Waals surface area contributed by atoms with E-state index in [0.717, 1.165) is 29.7 Å². The number of thiophene rings is 1. The summed E-state index contributed by atoms with van der Waals surface area (Å²) in [5, 5.41) is 1.85. The third-order valence-electron chi connectivity index (χ3n) is 3.28. The van der Waals surface area contributed by atoms with E-state index in [1.165, 1.54) is 11.3 Å². The highest BCUT2D eigenvalue weighted by molar-refractivity contribution is 7.89. The molecule has 1 aliphatic carbocycles. The summed E-state index contributed by atoms with van der Waals surface area (Å²) in [6.45, 7) is 4.04. The molecule has 0 spiro atoms. The van der Waals surface area contributed by atoms with Crippen molar-refractivity contribution in [2.24, 2.45) is 5.73 Å². The Morgan fingerprint density at radius 3 is 2.65 bits per heavy atom. The minimum absolute atomic E-state index is 0.265. The molecule has 0 unspecified atom stereocenters. The van der Waals surface area contributed by atoms with Gasteiger partial charge in [0.1, 0.15) is 4.90 Å². The first-order valence-electron chi connectivity index (χ1n) is 5.69. The van der Waals surface area contributed by atoms with Crippen molar-refractivity contribution in [3.05, 3.63) is 15.8 Å². The first kappa shape index (κ1) is 13.0. The van der Waals surface area contributed by atoms with Crippen molar-refractivity contribution in [3.63, 3.8) is 0 Å². The normalized spacial score (nSPS) is 19.0. The average molecular weight is 274 g/mol. The molecule has 0 aromatic carbocycles. The highest BCUT2D eigenvalue weighted by Crippen LogP contribution is 2.34. The second-order valence-corrected chi connectivity index (χ2v) is 7.48. The SMILES string of the molecule is Cc1csc(CN)c1S(=O)(=O)NC1(C)CCC1. The van der Waals surface area contributed by atoms with Gasteiger partial charge in [0.05, 0.1) is 0 Å². The fourth-order valence-corrected chi connectivity index (χ4v) is 5.34. The third-order valence-corrected chi connectivity index (χ3v) is 6.40. The molecular weight excluding hydrogens is 256 g/mol. The van der Waals surface area contributed by atoms with Crippen LogP contribution in [-0.2, 0) is 16.6 Å². The van der Waals surface area contributed by atoms with Crippen molar-refractivity contribution in [1.29, 1.82) is 0 Å². The number of rotatable bonds is 4. The predicted molar refractivity (Wildman–Crippen MR) is 69.5 cm³/mol. The van der Waals surface area contributed by atoms with Crippen LogP contribution in [0.25, 0.3) is 0 Å². The van der Waals surface area contributed by atoms with Crippen molar-refractivity contribution >= 4 is 21.4 Å². The first-order valence-corrected chi connectivity index (χ1v) is 8.05. The summed E-state index contributed by atoms with van der Waals surface area (Å²) in [6, 6.07) is 0. The minimum atomic E-state index is -3.43. The molecule has 0 aliphatic heterocycles. The molecule has 0 atom stereocenters. The van der Waals surface area contributed by atoms with Gasteiger partial charge in [-0.05, 0) is 44.1 Å². The molecule has 0 amide bonds. The molecule has 0 radical (unpaired) electrons. The molecule has 1 aromatic rings. The summed E-state index contributed by atoms with van der Waals surface area (Å²) in [7, 11) is -3.43. The fraction of sp³-hybridized carbons (Fsp3) is 0.636. The number of sulfonamides is 1. The second-order valence-electron chi connectivity index (χ2n) is 4.89. The molecule has 1 heterocycles. The van der Waals surface area contributed by atoms with Crippen LogP contribution in [0.2, 0.25) is 0 Å². The lowest BCUT2D eigenvalue weighted by Crippen LogP contribution is -2.50. The van der Waals surface area contributed by atoms with Gasteiger partial charge in [-0.15, -0.1) is 11.3 Å². The number of nitrogens with two attached hydrogens (primary N) is 1. The molecule has 6 heteroatoms. The molecule has 4 nitrogen and oxygen atoms in total. The van der Waals surface area contributed by atoms with Crippen LogP contribution >= 0.6 is 11.3 Å². The monoisotopic (exact) mass is 274 g/mol. The lowest BCUT2D eigenvalue weighted by molar-refractivity contribution is 0.248. The number of nitrogens with one attached hydrogen (secondary N) is 1. The van der Waals surface area contributed by atoms with Gasteiger partial charge in [0.15, 0.2) is 0 Å². The van der Waals surface area contributed by atoms with E-state index in [0.29, 0.717) is 4.90 Å². The van der Waals surface area contributed by atoms with Crippen molar-refractivity contribution in [3.8, 4) is 0 Å². The second kappa shape index (κ2) is 4.35. The maximum atomic E-state index is 12.3. The van der Waals surface area contributed by atoms with E-state index in [1.807, 2.05) is 19.2 Å². The van der Waals surface area contributed by atoms with Crippen LogP contribution in [0.15, 0.2) is 10.3 Å². The van der Waals surface area contributed by atoms with Crippen LogP contribution in [0, 0.1) is 6.92 Å². The maximum absolute atomic E-state index is 12.3. The topological polar surface area (TPSA) is 72.2 Å². The van der Waals surface area contributed by atoms with Crippen LogP contribution < -0.4 is 10.5 Å². The van der Waals surface area contributed by atoms with Gasteiger partial charge in [-0.3, -0.25) is 0 Å². The van der Waals surface area contributed by atoms with Crippen molar-refractivity contribution in [2.75, 3.05) is 0 Å². The summed E-state index contributed by atoms with van der Waals surface area (Å²) in [5.41, 5.74) is 6.11. The molecule has 3 N–H and O–H groups in total. The van der Waals surface area contributed by atoms with E-state index in [1.54, 1.807) is 0 Å². The van der Waals surface area contributed by atoms with E-state index < -0.39 is 10.0 Å². The van der Waals surface area contributed by atoms with Gasteiger partial charge in [0.2, 0.25) is 10.0 Å². The van der Waals surface area contributed by atoms with Gasteiger partial charge >= 0.3 is 0 Å². The summed E-state index contributed by atoms with van der Waals surface area (Å²) in [4.78, 5) is 1.12. The first-order chi connectivity index (χ1) is 7.88. The molecular formula is C11H18N2O2S2. The summed E-state index contributed by atoms with van der Waals surface area (Å²) < 4.78 is 27.5. The third kappa shape index (κ3) is 2.40. The Morgan fingerprint density at radius 1 is 1.53 bits per heavy atom. The van der Waals surface area contributed by atoms with Crippen molar-refractivity contribution in [2.45, 2.75) is 50.1 Å². The number of hydrogen-bond donors (Lipinski definition) is 2. The molecule has 1 saturated carbocycles. The highest BCUT2D eigenvalue weighted by atomic mass is 32.2.